The predicted octanol–water partition coefficient (Wildman–Crippen LogP) is 0.234. The minimum absolute atomic E-state index is 0.146. The summed E-state index contributed by atoms with van der Waals surface area (Å²) >= 11 is 0. The Morgan fingerprint density at radius 2 is 2.27 bits per heavy atom. The lowest BCUT2D eigenvalue weighted by Gasteiger charge is -2.20. The summed E-state index contributed by atoms with van der Waals surface area (Å²) in [6.45, 7) is 6.56. The second kappa shape index (κ2) is 4.81. The minimum Gasteiger partial charge on any atom is -0.444 e. The Morgan fingerprint density at radius 1 is 1.60 bits per heavy atom. The van der Waals surface area contributed by atoms with E-state index < -0.39 is 11.7 Å². The molecular formula is C10H20N2O3. The van der Waals surface area contributed by atoms with Gasteiger partial charge in [0, 0.05) is 19.1 Å². The van der Waals surface area contributed by atoms with Crippen LogP contribution in [0.15, 0.2) is 0 Å². The van der Waals surface area contributed by atoms with Crippen molar-refractivity contribution in [1.82, 2.24) is 10.6 Å². The van der Waals surface area contributed by atoms with Gasteiger partial charge in [-0.15, -0.1) is 0 Å². The van der Waals surface area contributed by atoms with Crippen LogP contribution in [-0.2, 0) is 4.74 Å². The van der Waals surface area contributed by atoms with E-state index in [1.807, 2.05) is 20.8 Å². The number of nitrogens with one attached hydrogen (secondary N) is 2. The van der Waals surface area contributed by atoms with E-state index in [9.17, 15) is 9.90 Å². The van der Waals surface area contributed by atoms with Crippen molar-refractivity contribution in [1.29, 1.82) is 0 Å². The first-order valence-electron chi connectivity index (χ1n) is 5.25. The molecule has 0 saturated carbocycles. The Morgan fingerprint density at radius 3 is 2.73 bits per heavy atom. The molecule has 1 saturated heterocycles. The number of β-amino-alcohol motifs (C(OH)–C–C–N with tert-alkyl or cyclic N) is 1. The van der Waals surface area contributed by atoms with E-state index in [2.05, 4.69) is 10.6 Å². The lowest BCUT2D eigenvalue weighted by atomic mass is 10.2. The van der Waals surface area contributed by atoms with Crippen molar-refractivity contribution in [3.05, 3.63) is 0 Å². The van der Waals surface area contributed by atoms with Gasteiger partial charge in [-0.05, 0) is 27.2 Å². The molecule has 2 atom stereocenters. The van der Waals surface area contributed by atoms with Gasteiger partial charge >= 0.3 is 6.09 Å². The molecule has 1 rings (SSSR count). The lowest BCUT2D eigenvalue weighted by Crippen LogP contribution is -2.39. The Balaban J connectivity index is 2.17. The quantitative estimate of drug-likeness (QED) is 0.618. The van der Waals surface area contributed by atoms with E-state index >= 15 is 0 Å². The smallest absolute Gasteiger partial charge is 0.407 e. The number of aliphatic hydroxyl groups excluding tert-OH is 1. The molecule has 88 valence electrons. The van der Waals surface area contributed by atoms with Crippen LogP contribution in [0.3, 0.4) is 0 Å². The van der Waals surface area contributed by atoms with Crippen LogP contribution in [0, 0.1) is 0 Å². The van der Waals surface area contributed by atoms with Gasteiger partial charge in [-0.25, -0.2) is 4.79 Å². The molecule has 5 heteroatoms. The van der Waals surface area contributed by atoms with Gasteiger partial charge in [0.2, 0.25) is 0 Å². The summed E-state index contributed by atoms with van der Waals surface area (Å²) in [6, 6.07) is 0.146. The first-order valence-corrected chi connectivity index (χ1v) is 5.25. The van der Waals surface area contributed by atoms with Crippen molar-refractivity contribution in [3.63, 3.8) is 0 Å². The fraction of sp³-hybridized carbons (Fsp3) is 0.900. The molecule has 15 heavy (non-hydrogen) atoms. The SMILES string of the molecule is CC(C)(C)OC(=O)NC[C@H]1C[C@@H](O)CN1. The highest BCUT2D eigenvalue weighted by molar-refractivity contribution is 5.67. The van der Waals surface area contributed by atoms with E-state index in [1.165, 1.54) is 0 Å². The molecule has 1 aliphatic rings. The van der Waals surface area contributed by atoms with Gasteiger partial charge in [0.05, 0.1) is 6.10 Å². The normalized spacial score (nSPS) is 26.4. The lowest BCUT2D eigenvalue weighted by molar-refractivity contribution is 0.0522. The van der Waals surface area contributed by atoms with Crippen LogP contribution < -0.4 is 10.6 Å². The zero-order valence-electron chi connectivity index (χ0n) is 9.54. The number of alkyl carbamates (subject to hydrolysis) is 1. The molecule has 1 amide bonds. The molecule has 1 fully saturated rings. The van der Waals surface area contributed by atoms with Crippen LogP contribution in [0.5, 0.6) is 0 Å². The van der Waals surface area contributed by atoms with Gasteiger partial charge in [0.15, 0.2) is 0 Å². The van der Waals surface area contributed by atoms with Crippen molar-refractivity contribution >= 4 is 6.09 Å². The van der Waals surface area contributed by atoms with E-state index in [-0.39, 0.29) is 12.1 Å². The third kappa shape index (κ3) is 4.99. The highest BCUT2D eigenvalue weighted by Gasteiger charge is 2.23. The van der Waals surface area contributed by atoms with Gasteiger partial charge in [0.1, 0.15) is 5.60 Å². The van der Waals surface area contributed by atoms with Crippen molar-refractivity contribution in [2.45, 2.75) is 44.9 Å². The maximum atomic E-state index is 11.3. The molecule has 0 spiro atoms. The Labute approximate surface area is 90.2 Å². The van der Waals surface area contributed by atoms with Crippen molar-refractivity contribution in [2.24, 2.45) is 0 Å². The number of hydrogen-bond donors (Lipinski definition) is 3. The van der Waals surface area contributed by atoms with E-state index in [4.69, 9.17) is 4.74 Å². The first-order chi connectivity index (χ1) is 6.87. The summed E-state index contributed by atoms with van der Waals surface area (Å²) in [5.41, 5.74) is -0.466. The summed E-state index contributed by atoms with van der Waals surface area (Å²) in [7, 11) is 0. The van der Waals surface area contributed by atoms with Crippen molar-refractivity contribution in [3.8, 4) is 0 Å². The molecule has 0 aromatic carbocycles. The maximum absolute atomic E-state index is 11.3. The molecule has 1 heterocycles. The summed E-state index contributed by atoms with van der Waals surface area (Å²) in [6.07, 6.45) is -0.0309. The summed E-state index contributed by atoms with van der Waals surface area (Å²) in [5, 5.41) is 15.0. The average Bonchev–Trinajstić information content (AvgIpc) is 2.45. The van der Waals surface area contributed by atoms with E-state index in [0.29, 0.717) is 19.5 Å². The Bertz CT molecular complexity index is 225. The highest BCUT2D eigenvalue weighted by Crippen LogP contribution is 2.07. The minimum atomic E-state index is -0.466. The van der Waals surface area contributed by atoms with Gasteiger partial charge < -0.3 is 20.5 Å². The monoisotopic (exact) mass is 216 g/mol. The van der Waals surface area contributed by atoms with Crippen LogP contribution in [0.2, 0.25) is 0 Å². The van der Waals surface area contributed by atoms with Crippen molar-refractivity contribution < 1.29 is 14.6 Å². The highest BCUT2D eigenvalue weighted by atomic mass is 16.6. The Hall–Kier alpha value is -0.810. The average molecular weight is 216 g/mol. The summed E-state index contributed by atoms with van der Waals surface area (Å²) in [5.74, 6) is 0. The molecule has 0 bridgehead atoms. The number of aliphatic hydroxyl groups is 1. The summed E-state index contributed by atoms with van der Waals surface area (Å²) in [4.78, 5) is 11.3. The van der Waals surface area contributed by atoms with Crippen LogP contribution in [0.25, 0.3) is 0 Å². The van der Waals surface area contributed by atoms with Crippen LogP contribution >= 0.6 is 0 Å². The van der Waals surface area contributed by atoms with Crippen molar-refractivity contribution in [2.75, 3.05) is 13.1 Å². The largest absolute Gasteiger partial charge is 0.444 e. The fourth-order valence-electron chi connectivity index (χ4n) is 1.47. The molecule has 5 nitrogen and oxygen atoms in total. The molecule has 0 radical (unpaired) electrons. The van der Waals surface area contributed by atoms with Crippen LogP contribution in [-0.4, -0.2) is 42.0 Å². The van der Waals surface area contributed by atoms with E-state index in [1.54, 1.807) is 0 Å². The number of amides is 1. The topological polar surface area (TPSA) is 70.6 Å². The summed E-state index contributed by atoms with van der Waals surface area (Å²) < 4.78 is 5.08. The third-order valence-corrected chi connectivity index (χ3v) is 2.09. The number of carbonyl (C=O) groups is 1. The Kier molecular flexibility index (Phi) is 3.93. The first kappa shape index (κ1) is 12.3. The molecular weight excluding hydrogens is 196 g/mol. The second-order valence-corrected chi connectivity index (χ2v) is 4.88. The molecule has 1 aliphatic heterocycles. The molecule has 0 aliphatic carbocycles. The molecule has 0 unspecified atom stereocenters. The standard InChI is InChI=1S/C10H20N2O3/c1-10(2,3)15-9(14)12-5-7-4-8(13)6-11-7/h7-8,11,13H,4-6H2,1-3H3,(H,12,14)/t7-,8-/m1/s1. The number of ether oxygens (including phenoxy) is 1. The number of hydrogen-bond acceptors (Lipinski definition) is 4. The zero-order valence-corrected chi connectivity index (χ0v) is 9.54. The maximum Gasteiger partial charge on any atom is 0.407 e. The second-order valence-electron chi connectivity index (χ2n) is 4.88. The predicted molar refractivity (Wildman–Crippen MR) is 56.7 cm³/mol. The number of carbonyl (C=O) groups excluding carboxylic acids is 1. The fourth-order valence-corrected chi connectivity index (χ4v) is 1.47. The number of rotatable bonds is 2. The van der Waals surface area contributed by atoms with Crippen LogP contribution in [0.4, 0.5) is 4.79 Å². The molecule has 0 aromatic heterocycles. The zero-order chi connectivity index (χ0) is 11.5. The molecule has 3 N–H and O–H groups in total. The van der Waals surface area contributed by atoms with Gasteiger partial charge in [-0.2, -0.15) is 0 Å². The third-order valence-electron chi connectivity index (χ3n) is 2.09. The van der Waals surface area contributed by atoms with Gasteiger partial charge in [-0.1, -0.05) is 0 Å². The van der Waals surface area contributed by atoms with Crippen LogP contribution in [0.1, 0.15) is 27.2 Å². The van der Waals surface area contributed by atoms with E-state index in [0.717, 1.165) is 0 Å². The van der Waals surface area contributed by atoms with Gasteiger partial charge in [0.25, 0.3) is 0 Å². The molecule has 0 aromatic rings. The van der Waals surface area contributed by atoms with Gasteiger partial charge in [-0.3, -0.25) is 0 Å².